The van der Waals surface area contributed by atoms with Gasteiger partial charge in [0.05, 0.1) is 6.10 Å². The van der Waals surface area contributed by atoms with E-state index in [9.17, 15) is 5.11 Å². The number of aliphatic hydroxyl groups is 1. The molecule has 0 radical (unpaired) electrons. The standard InChI is InChI=1S/C17H31N3O.HI/c1-2-18-17(19-10-13-8-5-9-16(13)21)20-11-14-6-3-4-7-15(14)12-20;/h13-16,21H,2-12H2,1H3,(H,18,19);1H. The van der Waals surface area contributed by atoms with Crippen LogP contribution in [0, 0.1) is 17.8 Å². The van der Waals surface area contributed by atoms with E-state index in [0.717, 1.165) is 50.1 Å². The fourth-order valence-electron chi connectivity index (χ4n) is 4.44. The number of nitrogens with one attached hydrogen (secondary N) is 1. The van der Waals surface area contributed by atoms with Crippen LogP contribution in [0.5, 0.6) is 0 Å². The van der Waals surface area contributed by atoms with E-state index in [1.54, 1.807) is 0 Å². The predicted molar refractivity (Wildman–Crippen MR) is 102 cm³/mol. The number of halogens is 1. The first-order valence-corrected chi connectivity index (χ1v) is 8.99. The van der Waals surface area contributed by atoms with Crippen molar-refractivity contribution < 1.29 is 5.11 Å². The summed E-state index contributed by atoms with van der Waals surface area (Å²) in [6.45, 7) is 6.23. The molecule has 2 N–H and O–H groups in total. The summed E-state index contributed by atoms with van der Waals surface area (Å²) in [7, 11) is 0. The Balaban J connectivity index is 0.00000176. The molecule has 4 unspecified atom stereocenters. The minimum Gasteiger partial charge on any atom is -0.393 e. The third-order valence-corrected chi connectivity index (χ3v) is 5.71. The maximum Gasteiger partial charge on any atom is 0.193 e. The van der Waals surface area contributed by atoms with Crippen LogP contribution in [-0.2, 0) is 0 Å². The number of aliphatic hydroxyl groups excluding tert-OH is 1. The lowest BCUT2D eigenvalue weighted by Gasteiger charge is -2.22. The van der Waals surface area contributed by atoms with Gasteiger partial charge in [0.15, 0.2) is 5.96 Å². The van der Waals surface area contributed by atoms with Gasteiger partial charge in [0.25, 0.3) is 0 Å². The normalized spacial score (nSPS) is 35.2. The molecule has 128 valence electrons. The largest absolute Gasteiger partial charge is 0.393 e. The predicted octanol–water partition coefficient (Wildman–Crippen LogP) is 2.85. The molecular formula is C17H32IN3O. The van der Waals surface area contributed by atoms with Crippen molar-refractivity contribution in [3.63, 3.8) is 0 Å². The second-order valence-electron chi connectivity index (χ2n) is 7.16. The zero-order valence-electron chi connectivity index (χ0n) is 13.8. The maximum absolute atomic E-state index is 9.96. The van der Waals surface area contributed by atoms with Crippen molar-refractivity contribution in [2.45, 2.75) is 58.0 Å². The molecule has 5 heteroatoms. The van der Waals surface area contributed by atoms with E-state index in [2.05, 4.69) is 17.1 Å². The van der Waals surface area contributed by atoms with Crippen LogP contribution in [0.4, 0.5) is 0 Å². The van der Waals surface area contributed by atoms with Gasteiger partial charge in [-0.05, 0) is 44.4 Å². The van der Waals surface area contributed by atoms with Crippen LogP contribution in [0.1, 0.15) is 51.9 Å². The molecule has 0 aromatic carbocycles. The van der Waals surface area contributed by atoms with E-state index >= 15 is 0 Å². The summed E-state index contributed by atoms with van der Waals surface area (Å²) in [5.41, 5.74) is 0. The fraction of sp³-hybridized carbons (Fsp3) is 0.941. The molecule has 0 aromatic heterocycles. The van der Waals surface area contributed by atoms with E-state index < -0.39 is 0 Å². The van der Waals surface area contributed by atoms with Crippen molar-refractivity contribution >= 4 is 29.9 Å². The number of aliphatic imine (C=N–C) groups is 1. The van der Waals surface area contributed by atoms with Gasteiger partial charge in [0.2, 0.25) is 0 Å². The molecule has 3 fully saturated rings. The van der Waals surface area contributed by atoms with Gasteiger partial charge >= 0.3 is 0 Å². The Morgan fingerprint density at radius 3 is 2.32 bits per heavy atom. The summed E-state index contributed by atoms with van der Waals surface area (Å²) in [4.78, 5) is 7.33. The highest BCUT2D eigenvalue weighted by molar-refractivity contribution is 14.0. The average Bonchev–Trinajstić information content (AvgIpc) is 3.09. The SMILES string of the molecule is CCNC(=NCC1CCCC1O)N1CC2CCCCC2C1.I. The number of nitrogens with zero attached hydrogens (tertiary/aromatic N) is 2. The quantitative estimate of drug-likeness (QED) is 0.419. The minimum atomic E-state index is -0.127. The molecule has 4 atom stereocenters. The molecule has 2 saturated carbocycles. The Bertz CT molecular complexity index is 363. The minimum absolute atomic E-state index is 0. The molecule has 0 aromatic rings. The molecule has 2 aliphatic carbocycles. The van der Waals surface area contributed by atoms with Crippen molar-refractivity contribution in [2.75, 3.05) is 26.2 Å². The highest BCUT2D eigenvalue weighted by Crippen LogP contribution is 2.36. The Labute approximate surface area is 152 Å². The zero-order chi connectivity index (χ0) is 14.7. The molecule has 1 saturated heterocycles. The first-order valence-electron chi connectivity index (χ1n) is 8.99. The zero-order valence-corrected chi connectivity index (χ0v) is 16.2. The maximum atomic E-state index is 9.96. The Morgan fingerprint density at radius 1 is 1.09 bits per heavy atom. The molecule has 0 spiro atoms. The first-order chi connectivity index (χ1) is 10.3. The lowest BCUT2D eigenvalue weighted by Crippen LogP contribution is -2.40. The average molecular weight is 421 g/mol. The molecule has 4 nitrogen and oxygen atoms in total. The molecule has 0 bridgehead atoms. The van der Waals surface area contributed by atoms with Crippen LogP contribution in [0.3, 0.4) is 0 Å². The summed E-state index contributed by atoms with van der Waals surface area (Å²) in [6.07, 6.45) is 8.77. The topological polar surface area (TPSA) is 47.9 Å². The number of hydrogen-bond donors (Lipinski definition) is 2. The summed E-state index contributed by atoms with van der Waals surface area (Å²) in [5, 5.41) is 13.4. The second kappa shape index (κ2) is 8.71. The third kappa shape index (κ3) is 4.28. The lowest BCUT2D eigenvalue weighted by atomic mass is 9.82. The van der Waals surface area contributed by atoms with Gasteiger partial charge in [-0.1, -0.05) is 19.3 Å². The molecule has 22 heavy (non-hydrogen) atoms. The van der Waals surface area contributed by atoms with Crippen LogP contribution in [0.25, 0.3) is 0 Å². The summed E-state index contributed by atoms with van der Waals surface area (Å²) < 4.78 is 0. The van der Waals surface area contributed by atoms with Crippen LogP contribution in [-0.4, -0.2) is 48.2 Å². The summed E-state index contributed by atoms with van der Waals surface area (Å²) in [5.74, 6) is 3.24. The van der Waals surface area contributed by atoms with E-state index in [1.165, 1.54) is 38.8 Å². The van der Waals surface area contributed by atoms with Crippen molar-refractivity contribution in [1.29, 1.82) is 0 Å². The van der Waals surface area contributed by atoms with Gasteiger partial charge in [-0.25, -0.2) is 0 Å². The van der Waals surface area contributed by atoms with Crippen LogP contribution in [0.15, 0.2) is 4.99 Å². The van der Waals surface area contributed by atoms with Gasteiger partial charge in [0, 0.05) is 32.1 Å². The van der Waals surface area contributed by atoms with Crippen LogP contribution in [0.2, 0.25) is 0 Å². The Kier molecular flexibility index (Phi) is 7.25. The van der Waals surface area contributed by atoms with Gasteiger partial charge < -0.3 is 15.3 Å². The summed E-state index contributed by atoms with van der Waals surface area (Å²) >= 11 is 0. The number of guanidine groups is 1. The van der Waals surface area contributed by atoms with E-state index in [0.29, 0.717) is 5.92 Å². The van der Waals surface area contributed by atoms with Crippen LogP contribution < -0.4 is 5.32 Å². The van der Waals surface area contributed by atoms with E-state index in [4.69, 9.17) is 4.99 Å². The van der Waals surface area contributed by atoms with Gasteiger partial charge in [-0.3, -0.25) is 4.99 Å². The molecule has 3 aliphatic rings. The fourth-order valence-corrected chi connectivity index (χ4v) is 4.44. The first kappa shape index (κ1) is 18.3. The molecule has 3 rings (SSSR count). The van der Waals surface area contributed by atoms with Crippen molar-refractivity contribution in [3.05, 3.63) is 0 Å². The number of rotatable bonds is 3. The smallest absolute Gasteiger partial charge is 0.193 e. The monoisotopic (exact) mass is 421 g/mol. The highest BCUT2D eigenvalue weighted by Gasteiger charge is 2.35. The molecule has 1 aliphatic heterocycles. The molecule has 1 heterocycles. The molecular weight excluding hydrogens is 389 g/mol. The van der Waals surface area contributed by atoms with E-state index in [-0.39, 0.29) is 30.1 Å². The van der Waals surface area contributed by atoms with Gasteiger partial charge in [-0.15, -0.1) is 24.0 Å². The third-order valence-electron chi connectivity index (χ3n) is 5.71. The molecule has 0 amide bonds. The Hall–Kier alpha value is -0.0400. The van der Waals surface area contributed by atoms with Crippen molar-refractivity contribution in [2.24, 2.45) is 22.7 Å². The summed E-state index contributed by atoms with van der Waals surface area (Å²) in [6, 6.07) is 0. The number of likely N-dealkylation sites (tertiary alicyclic amines) is 1. The number of hydrogen-bond acceptors (Lipinski definition) is 2. The van der Waals surface area contributed by atoms with Crippen molar-refractivity contribution in [3.8, 4) is 0 Å². The number of fused-ring (bicyclic) bond motifs is 1. The van der Waals surface area contributed by atoms with Gasteiger partial charge in [-0.2, -0.15) is 0 Å². The van der Waals surface area contributed by atoms with E-state index in [1.807, 2.05) is 0 Å². The highest BCUT2D eigenvalue weighted by atomic mass is 127. The van der Waals surface area contributed by atoms with Gasteiger partial charge in [0.1, 0.15) is 0 Å². The lowest BCUT2D eigenvalue weighted by molar-refractivity contribution is 0.136. The Morgan fingerprint density at radius 2 is 1.77 bits per heavy atom. The van der Waals surface area contributed by atoms with Crippen LogP contribution >= 0.6 is 24.0 Å². The van der Waals surface area contributed by atoms with Crippen molar-refractivity contribution in [1.82, 2.24) is 10.2 Å². The second-order valence-corrected chi connectivity index (χ2v) is 7.16.